The summed E-state index contributed by atoms with van der Waals surface area (Å²) in [6, 6.07) is 18.5. The molecule has 162 valence electrons. The molecule has 0 bridgehead atoms. The summed E-state index contributed by atoms with van der Waals surface area (Å²) < 4.78 is 5.34. The third-order valence-corrected chi connectivity index (χ3v) is 4.56. The lowest BCUT2D eigenvalue weighted by Crippen LogP contribution is -2.32. The molecule has 0 aliphatic carbocycles. The number of carbonyl (C=O) groups excluding carboxylic acids is 3. The number of hydrazone groups is 1. The molecule has 0 radical (unpaired) electrons. The number of hydrogen-bond acceptors (Lipinski definition) is 5. The van der Waals surface area contributed by atoms with Gasteiger partial charge in [-0.15, -0.1) is 0 Å². The fourth-order valence-corrected chi connectivity index (χ4v) is 3.11. The van der Waals surface area contributed by atoms with Crippen LogP contribution in [0.5, 0.6) is 5.75 Å². The minimum atomic E-state index is -0.915. The van der Waals surface area contributed by atoms with Crippen molar-refractivity contribution >= 4 is 41.3 Å². The normalized spacial score (nSPS) is 10.6. The van der Waals surface area contributed by atoms with Crippen LogP contribution in [-0.4, -0.2) is 24.0 Å². The second kappa shape index (κ2) is 10.4. The zero-order valence-corrected chi connectivity index (χ0v) is 18.1. The Bertz CT molecular complexity index is 1190. The molecule has 2 amide bonds. The monoisotopic (exact) mass is 449 g/mol. The fourth-order valence-electron chi connectivity index (χ4n) is 2.90. The van der Waals surface area contributed by atoms with Gasteiger partial charge >= 0.3 is 17.8 Å². The van der Waals surface area contributed by atoms with Crippen LogP contribution in [0.2, 0.25) is 5.02 Å². The largest absolute Gasteiger partial charge is 0.423 e. The molecular weight excluding hydrogens is 430 g/mol. The van der Waals surface area contributed by atoms with Crippen molar-refractivity contribution in [1.82, 2.24) is 5.43 Å². The summed E-state index contributed by atoms with van der Waals surface area (Å²) in [5.41, 5.74) is 5.42. The van der Waals surface area contributed by atoms with Gasteiger partial charge in [-0.25, -0.2) is 10.2 Å². The van der Waals surface area contributed by atoms with E-state index in [4.69, 9.17) is 16.3 Å². The fraction of sp³-hybridized carbons (Fsp3) is 0.0833. The first-order chi connectivity index (χ1) is 15.3. The highest BCUT2D eigenvalue weighted by atomic mass is 35.5. The number of nitrogens with one attached hydrogen (secondary N) is 2. The number of rotatable bonds is 5. The molecule has 2 N–H and O–H groups in total. The predicted octanol–water partition coefficient (Wildman–Crippen LogP) is 4.26. The van der Waals surface area contributed by atoms with Gasteiger partial charge in [0.1, 0.15) is 5.75 Å². The van der Waals surface area contributed by atoms with Crippen molar-refractivity contribution in [1.29, 1.82) is 0 Å². The molecule has 0 aromatic heterocycles. The van der Waals surface area contributed by atoms with Crippen molar-refractivity contribution in [2.45, 2.75) is 13.8 Å². The van der Waals surface area contributed by atoms with Gasteiger partial charge in [0.15, 0.2) is 0 Å². The highest BCUT2D eigenvalue weighted by molar-refractivity contribution is 6.39. The number of benzene rings is 3. The van der Waals surface area contributed by atoms with Gasteiger partial charge < -0.3 is 10.1 Å². The topological polar surface area (TPSA) is 96.9 Å². The quantitative estimate of drug-likeness (QED) is 0.200. The first kappa shape index (κ1) is 22.7. The van der Waals surface area contributed by atoms with Gasteiger partial charge in [-0.2, -0.15) is 5.10 Å². The molecule has 7 nitrogen and oxygen atoms in total. The Morgan fingerprint density at radius 2 is 1.62 bits per heavy atom. The van der Waals surface area contributed by atoms with Crippen molar-refractivity contribution in [3.8, 4) is 5.75 Å². The number of ether oxygens (including phenoxy) is 1. The van der Waals surface area contributed by atoms with Gasteiger partial charge in [0.2, 0.25) is 0 Å². The SMILES string of the molecule is Cc1cc(C)cc(NC(=O)C(=O)N/N=C/c2cccc(OC(=O)c3ccccc3Cl)c2)c1. The van der Waals surface area contributed by atoms with Gasteiger partial charge in [0.25, 0.3) is 0 Å². The summed E-state index contributed by atoms with van der Waals surface area (Å²) in [5.74, 6) is -2.07. The lowest BCUT2D eigenvalue weighted by Gasteiger charge is -2.07. The molecule has 0 saturated carbocycles. The third kappa shape index (κ3) is 6.26. The second-order valence-electron chi connectivity index (χ2n) is 6.97. The van der Waals surface area contributed by atoms with E-state index in [0.717, 1.165) is 11.1 Å². The van der Waals surface area contributed by atoms with Gasteiger partial charge in [-0.05, 0) is 66.9 Å². The molecular formula is C24H20ClN3O4. The van der Waals surface area contributed by atoms with E-state index in [0.29, 0.717) is 11.3 Å². The first-order valence-corrected chi connectivity index (χ1v) is 9.99. The average Bonchev–Trinajstić information content (AvgIpc) is 2.73. The summed E-state index contributed by atoms with van der Waals surface area (Å²) in [4.78, 5) is 36.3. The average molecular weight is 450 g/mol. The van der Waals surface area contributed by atoms with Crippen LogP contribution in [0, 0.1) is 13.8 Å². The number of amides is 2. The highest BCUT2D eigenvalue weighted by Gasteiger charge is 2.14. The van der Waals surface area contributed by atoms with Crippen LogP contribution in [0.3, 0.4) is 0 Å². The van der Waals surface area contributed by atoms with Crippen LogP contribution < -0.4 is 15.5 Å². The van der Waals surface area contributed by atoms with Crippen LogP contribution in [0.15, 0.2) is 71.8 Å². The van der Waals surface area contributed by atoms with E-state index < -0.39 is 17.8 Å². The molecule has 0 spiro atoms. The van der Waals surface area contributed by atoms with Gasteiger partial charge in [0, 0.05) is 5.69 Å². The maximum atomic E-state index is 12.3. The van der Waals surface area contributed by atoms with Crippen LogP contribution in [0.1, 0.15) is 27.0 Å². The van der Waals surface area contributed by atoms with Crippen LogP contribution in [0.25, 0.3) is 0 Å². The Kier molecular flexibility index (Phi) is 7.36. The minimum absolute atomic E-state index is 0.246. The molecule has 3 rings (SSSR count). The summed E-state index contributed by atoms with van der Waals surface area (Å²) in [5, 5.41) is 6.60. The molecule has 8 heteroatoms. The summed E-state index contributed by atoms with van der Waals surface area (Å²) in [6.07, 6.45) is 1.33. The smallest absolute Gasteiger partial charge is 0.345 e. The van der Waals surface area contributed by atoms with Gasteiger partial charge in [0.05, 0.1) is 16.8 Å². The Balaban J connectivity index is 1.58. The number of carbonyl (C=O) groups is 3. The van der Waals surface area contributed by atoms with Crippen LogP contribution >= 0.6 is 11.6 Å². The lowest BCUT2D eigenvalue weighted by molar-refractivity contribution is -0.136. The Morgan fingerprint density at radius 3 is 2.34 bits per heavy atom. The zero-order valence-electron chi connectivity index (χ0n) is 17.4. The van der Waals surface area contributed by atoms with Crippen molar-refractivity contribution in [3.05, 3.63) is 94.0 Å². The van der Waals surface area contributed by atoms with E-state index in [1.54, 1.807) is 60.7 Å². The molecule has 0 fully saturated rings. The molecule has 0 atom stereocenters. The predicted molar refractivity (Wildman–Crippen MR) is 123 cm³/mol. The lowest BCUT2D eigenvalue weighted by atomic mass is 10.1. The number of halogens is 1. The van der Waals surface area contributed by atoms with Crippen molar-refractivity contribution < 1.29 is 19.1 Å². The van der Waals surface area contributed by atoms with Crippen LogP contribution in [0.4, 0.5) is 5.69 Å². The van der Waals surface area contributed by atoms with Gasteiger partial charge in [-0.1, -0.05) is 41.9 Å². The Labute approximate surface area is 190 Å². The summed E-state index contributed by atoms with van der Waals surface area (Å²) in [6.45, 7) is 3.79. The van der Waals surface area contributed by atoms with Crippen molar-refractivity contribution in [2.75, 3.05) is 5.32 Å². The Hall–Kier alpha value is -3.97. The Morgan fingerprint density at radius 1 is 0.906 bits per heavy atom. The molecule has 0 unspecified atom stereocenters. The zero-order chi connectivity index (χ0) is 23.1. The molecule has 3 aromatic carbocycles. The second-order valence-corrected chi connectivity index (χ2v) is 7.38. The molecule has 0 aliphatic heterocycles. The standard InChI is InChI=1S/C24H20ClN3O4/c1-15-10-16(2)12-18(11-15)27-22(29)23(30)28-26-14-17-6-5-7-19(13-17)32-24(31)20-8-3-4-9-21(20)25/h3-14H,1-2H3,(H,27,29)(H,28,30)/b26-14+. The van der Waals surface area contributed by atoms with Crippen molar-refractivity contribution in [2.24, 2.45) is 5.10 Å². The molecule has 0 saturated heterocycles. The number of esters is 1. The van der Waals surface area contributed by atoms with Crippen molar-refractivity contribution in [3.63, 3.8) is 0 Å². The number of anilines is 1. The molecule has 32 heavy (non-hydrogen) atoms. The third-order valence-electron chi connectivity index (χ3n) is 4.23. The summed E-state index contributed by atoms with van der Waals surface area (Å²) in [7, 11) is 0. The minimum Gasteiger partial charge on any atom is -0.423 e. The summed E-state index contributed by atoms with van der Waals surface area (Å²) >= 11 is 6.01. The van der Waals surface area contributed by atoms with E-state index >= 15 is 0 Å². The van der Waals surface area contributed by atoms with E-state index in [2.05, 4.69) is 15.8 Å². The highest BCUT2D eigenvalue weighted by Crippen LogP contribution is 2.19. The number of aryl methyl sites for hydroxylation is 2. The van der Waals surface area contributed by atoms with Crippen LogP contribution in [-0.2, 0) is 9.59 Å². The number of hydrogen-bond donors (Lipinski definition) is 2. The van der Waals surface area contributed by atoms with E-state index in [-0.39, 0.29) is 16.3 Å². The van der Waals surface area contributed by atoms with Gasteiger partial charge in [-0.3, -0.25) is 9.59 Å². The van der Waals surface area contributed by atoms with E-state index in [1.807, 2.05) is 19.9 Å². The molecule has 3 aromatic rings. The maximum absolute atomic E-state index is 12.3. The number of nitrogens with zero attached hydrogens (tertiary/aromatic N) is 1. The maximum Gasteiger partial charge on any atom is 0.345 e. The first-order valence-electron chi connectivity index (χ1n) is 9.61. The van der Waals surface area contributed by atoms with E-state index in [9.17, 15) is 14.4 Å². The molecule has 0 aliphatic rings. The molecule has 0 heterocycles. The van der Waals surface area contributed by atoms with E-state index in [1.165, 1.54) is 6.21 Å².